The van der Waals surface area contributed by atoms with E-state index in [-0.39, 0.29) is 0 Å². The Morgan fingerprint density at radius 2 is 1.95 bits per heavy atom. The van der Waals surface area contributed by atoms with Gasteiger partial charge >= 0.3 is 0 Å². The van der Waals surface area contributed by atoms with Gasteiger partial charge in [0.25, 0.3) is 0 Å². The quantitative estimate of drug-likeness (QED) is 0.642. The minimum absolute atomic E-state index is 0.896. The fraction of sp³-hybridized carbons (Fsp3) is 0.176. The number of anilines is 1. The van der Waals surface area contributed by atoms with Crippen LogP contribution in [0.15, 0.2) is 53.2 Å². The largest absolute Gasteiger partial charge is 0.380 e. The smallest absolute Gasteiger partial charge is 0.0494 e. The molecule has 0 fully saturated rings. The monoisotopic (exact) mass is 299 g/mol. The van der Waals surface area contributed by atoms with Crippen molar-refractivity contribution < 1.29 is 0 Å². The highest BCUT2D eigenvalue weighted by molar-refractivity contribution is 7.14. The lowest BCUT2D eigenvalue weighted by Crippen LogP contribution is -2.00. The topological polar surface area (TPSA) is 12.0 Å². The zero-order valence-corrected chi connectivity index (χ0v) is 13.1. The van der Waals surface area contributed by atoms with E-state index in [4.69, 9.17) is 0 Å². The van der Waals surface area contributed by atoms with Gasteiger partial charge in [0.15, 0.2) is 0 Å². The van der Waals surface area contributed by atoms with Gasteiger partial charge in [-0.2, -0.15) is 0 Å². The van der Waals surface area contributed by atoms with Crippen LogP contribution in [-0.2, 0) is 13.0 Å². The predicted molar refractivity (Wildman–Crippen MR) is 90.8 cm³/mol. The molecule has 2 heterocycles. The summed E-state index contributed by atoms with van der Waals surface area (Å²) in [6.45, 7) is 3.09. The minimum atomic E-state index is 0.896. The first kappa shape index (κ1) is 13.4. The van der Waals surface area contributed by atoms with Crippen molar-refractivity contribution in [1.82, 2.24) is 0 Å². The fourth-order valence-electron chi connectivity index (χ4n) is 2.23. The Kier molecular flexibility index (Phi) is 4.19. The van der Waals surface area contributed by atoms with Gasteiger partial charge in [0, 0.05) is 27.5 Å². The normalized spacial score (nSPS) is 10.7. The summed E-state index contributed by atoms with van der Waals surface area (Å²) in [7, 11) is 0. The first-order chi connectivity index (χ1) is 9.86. The van der Waals surface area contributed by atoms with Crippen LogP contribution in [0, 0.1) is 0 Å². The molecule has 102 valence electrons. The Balaban J connectivity index is 1.70. The molecule has 0 aliphatic heterocycles. The Morgan fingerprint density at radius 3 is 2.75 bits per heavy atom. The molecular formula is C17H17NS2. The van der Waals surface area contributed by atoms with Crippen LogP contribution in [-0.4, -0.2) is 0 Å². The van der Waals surface area contributed by atoms with Gasteiger partial charge in [-0.15, -0.1) is 22.7 Å². The van der Waals surface area contributed by atoms with Gasteiger partial charge in [-0.25, -0.2) is 0 Å². The second kappa shape index (κ2) is 6.25. The zero-order valence-electron chi connectivity index (χ0n) is 11.4. The number of nitrogens with one attached hydrogen (secondary N) is 1. The third-order valence-electron chi connectivity index (χ3n) is 3.31. The average Bonchev–Trinajstić information content (AvgIpc) is 3.16. The van der Waals surface area contributed by atoms with Crippen molar-refractivity contribution in [3.63, 3.8) is 0 Å². The number of rotatable bonds is 5. The van der Waals surface area contributed by atoms with Crippen LogP contribution in [0.3, 0.4) is 0 Å². The van der Waals surface area contributed by atoms with Crippen molar-refractivity contribution in [2.45, 2.75) is 19.9 Å². The lowest BCUT2D eigenvalue weighted by molar-refractivity contribution is 1.11. The average molecular weight is 299 g/mol. The molecule has 0 aliphatic rings. The molecule has 0 unspecified atom stereocenters. The SMILES string of the molecule is CCc1ccccc1NCc1cc(-c2cccs2)cs1. The first-order valence-corrected chi connectivity index (χ1v) is 8.56. The highest BCUT2D eigenvalue weighted by Gasteiger charge is 2.04. The number of hydrogen-bond acceptors (Lipinski definition) is 3. The molecule has 1 N–H and O–H groups in total. The molecule has 3 heteroatoms. The first-order valence-electron chi connectivity index (χ1n) is 6.80. The maximum absolute atomic E-state index is 3.55. The molecule has 0 saturated heterocycles. The van der Waals surface area contributed by atoms with Crippen molar-refractivity contribution in [3.05, 3.63) is 63.7 Å². The molecule has 0 aliphatic carbocycles. The molecule has 1 nitrogen and oxygen atoms in total. The molecule has 0 amide bonds. The summed E-state index contributed by atoms with van der Waals surface area (Å²) in [6.07, 6.45) is 1.06. The van der Waals surface area contributed by atoms with Crippen LogP contribution in [0.2, 0.25) is 0 Å². The zero-order chi connectivity index (χ0) is 13.8. The third-order valence-corrected chi connectivity index (χ3v) is 5.17. The van der Waals surface area contributed by atoms with E-state index < -0.39 is 0 Å². The maximum Gasteiger partial charge on any atom is 0.0494 e. The summed E-state index contributed by atoms with van der Waals surface area (Å²) in [5.41, 5.74) is 3.97. The Hall–Kier alpha value is -1.58. The van der Waals surface area contributed by atoms with Crippen LogP contribution in [0.5, 0.6) is 0 Å². The van der Waals surface area contributed by atoms with Gasteiger partial charge in [0.05, 0.1) is 0 Å². The summed E-state index contributed by atoms with van der Waals surface area (Å²) in [6, 6.07) is 15.1. The van der Waals surface area contributed by atoms with E-state index in [1.54, 1.807) is 11.3 Å². The van der Waals surface area contributed by atoms with Crippen LogP contribution in [0.25, 0.3) is 10.4 Å². The van der Waals surface area contributed by atoms with Crippen LogP contribution in [0.1, 0.15) is 17.4 Å². The molecule has 0 atom stereocenters. The summed E-state index contributed by atoms with van der Waals surface area (Å²) in [5, 5.41) is 7.92. The number of para-hydroxylation sites is 1. The highest BCUT2D eigenvalue weighted by Crippen LogP contribution is 2.29. The van der Waals surface area contributed by atoms with Gasteiger partial charge in [0.2, 0.25) is 0 Å². The second-order valence-electron chi connectivity index (χ2n) is 4.64. The van der Waals surface area contributed by atoms with Crippen LogP contribution in [0.4, 0.5) is 5.69 Å². The number of aryl methyl sites for hydroxylation is 1. The molecule has 0 bridgehead atoms. The van der Waals surface area contributed by atoms with Crippen molar-refractivity contribution in [2.75, 3.05) is 5.32 Å². The molecule has 3 aromatic rings. The van der Waals surface area contributed by atoms with E-state index in [0.29, 0.717) is 0 Å². The third kappa shape index (κ3) is 2.94. The molecular weight excluding hydrogens is 282 g/mol. The van der Waals surface area contributed by atoms with Crippen molar-refractivity contribution >= 4 is 28.4 Å². The van der Waals surface area contributed by atoms with Crippen molar-refractivity contribution in [3.8, 4) is 10.4 Å². The molecule has 20 heavy (non-hydrogen) atoms. The second-order valence-corrected chi connectivity index (χ2v) is 6.59. The number of benzene rings is 1. The van der Waals surface area contributed by atoms with Gasteiger partial charge in [-0.05, 0) is 40.9 Å². The van der Waals surface area contributed by atoms with Crippen molar-refractivity contribution in [2.24, 2.45) is 0 Å². The summed E-state index contributed by atoms with van der Waals surface area (Å²) >= 11 is 3.62. The Bertz CT molecular complexity index is 668. The lowest BCUT2D eigenvalue weighted by Gasteiger charge is -2.09. The van der Waals surface area contributed by atoms with Crippen LogP contribution < -0.4 is 5.32 Å². The van der Waals surface area contributed by atoms with Crippen LogP contribution >= 0.6 is 22.7 Å². The van der Waals surface area contributed by atoms with Gasteiger partial charge in [-0.1, -0.05) is 31.2 Å². The maximum atomic E-state index is 3.55. The summed E-state index contributed by atoms with van der Waals surface area (Å²) < 4.78 is 0. The predicted octanol–water partition coefficient (Wildman–Crippen LogP) is 5.65. The van der Waals surface area contributed by atoms with Gasteiger partial charge < -0.3 is 5.32 Å². The Morgan fingerprint density at radius 1 is 1.05 bits per heavy atom. The number of hydrogen-bond donors (Lipinski definition) is 1. The van der Waals surface area contributed by atoms with E-state index in [0.717, 1.165) is 13.0 Å². The van der Waals surface area contributed by atoms with Gasteiger partial charge in [0.1, 0.15) is 0 Å². The molecule has 3 rings (SSSR count). The molecule has 0 saturated carbocycles. The standard InChI is InChI=1S/C17H17NS2/c1-2-13-6-3-4-7-16(13)18-11-15-10-14(12-20-15)17-8-5-9-19-17/h3-10,12,18H,2,11H2,1H3. The van der Waals surface area contributed by atoms with E-state index in [9.17, 15) is 0 Å². The minimum Gasteiger partial charge on any atom is -0.380 e. The number of thiophene rings is 2. The highest BCUT2D eigenvalue weighted by atomic mass is 32.1. The molecule has 0 radical (unpaired) electrons. The lowest BCUT2D eigenvalue weighted by atomic mass is 10.1. The summed E-state index contributed by atoms with van der Waals surface area (Å²) in [5.74, 6) is 0. The van der Waals surface area contributed by atoms with E-state index in [2.05, 4.69) is 65.5 Å². The van der Waals surface area contributed by atoms with Gasteiger partial charge in [-0.3, -0.25) is 0 Å². The molecule has 2 aromatic heterocycles. The summed E-state index contributed by atoms with van der Waals surface area (Å²) in [4.78, 5) is 2.72. The van der Waals surface area contributed by atoms with E-state index in [1.807, 2.05) is 11.3 Å². The van der Waals surface area contributed by atoms with Crippen molar-refractivity contribution in [1.29, 1.82) is 0 Å². The molecule has 0 spiro atoms. The fourth-order valence-corrected chi connectivity index (χ4v) is 3.84. The Labute approximate surface area is 127 Å². The van der Waals surface area contributed by atoms with E-state index >= 15 is 0 Å². The molecule has 1 aromatic carbocycles. The van der Waals surface area contributed by atoms with E-state index in [1.165, 1.54) is 26.6 Å².